The highest BCUT2D eigenvalue weighted by molar-refractivity contribution is 7.87. The van der Waals surface area contributed by atoms with Crippen LogP contribution in [0.2, 0.25) is 0 Å². The molecular weight excluding hydrogens is 529 g/mol. The molecule has 2 heterocycles. The van der Waals surface area contributed by atoms with E-state index in [2.05, 4.69) is 24.0 Å². The SMILES string of the molecule is COc1ccc2c(c1OS(=O)(=O)c1cccc(F)c1)CN1CCc3cc(OCc4ccccc4)ccc3C1C2C. The molecule has 2 atom stereocenters. The van der Waals surface area contributed by atoms with Gasteiger partial charge in [0, 0.05) is 30.6 Å². The van der Waals surface area contributed by atoms with Crippen molar-refractivity contribution < 1.29 is 26.5 Å². The number of nitrogens with zero attached hydrogens (tertiary/aromatic N) is 1. The van der Waals surface area contributed by atoms with Gasteiger partial charge < -0.3 is 13.7 Å². The highest BCUT2D eigenvalue weighted by atomic mass is 32.2. The smallest absolute Gasteiger partial charge is 0.339 e. The number of benzene rings is 4. The largest absolute Gasteiger partial charge is 0.493 e. The van der Waals surface area contributed by atoms with Gasteiger partial charge in [-0.15, -0.1) is 0 Å². The van der Waals surface area contributed by atoms with Crippen LogP contribution < -0.4 is 13.7 Å². The number of hydrogen-bond donors (Lipinski definition) is 0. The van der Waals surface area contributed by atoms with Crippen LogP contribution in [-0.2, 0) is 29.7 Å². The third-order valence-corrected chi connectivity index (χ3v) is 9.04. The van der Waals surface area contributed by atoms with E-state index in [4.69, 9.17) is 13.7 Å². The Labute approximate surface area is 234 Å². The van der Waals surface area contributed by atoms with E-state index in [1.54, 1.807) is 6.07 Å². The predicted octanol–water partition coefficient (Wildman–Crippen LogP) is 6.40. The van der Waals surface area contributed by atoms with Gasteiger partial charge in [-0.2, -0.15) is 8.42 Å². The van der Waals surface area contributed by atoms with E-state index < -0.39 is 15.9 Å². The highest BCUT2D eigenvalue weighted by Crippen LogP contribution is 2.50. The molecule has 0 radical (unpaired) electrons. The number of ether oxygens (including phenoxy) is 2. The number of halogens is 1. The van der Waals surface area contributed by atoms with Crippen LogP contribution in [0.25, 0.3) is 0 Å². The van der Waals surface area contributed by atoms with E-state index >= 15 is 0 Å². The van der Waals surface area contributed by atoms with Crippen molar-refractivity contribution in [2.45, 2.75) is 43.4 Å². The van der Waals surface area contributed by atoms with Crippen molar-refractivity contribution in [2.75, 3.05) is 13.7 Å². The Kier molecular flexibility index (Phi) is 6.98. The zero-order chi connectivity index (χ0) is 27.9. The van der Waals surface area contributed by atoms with Gasteiger partial charge in [-0.1, -0.05) is 55.5 Å². The maximum atomic E-state index is 13.8. The fraction of sp³-hybridized carbons (Fsp3) is 0.250. The molecule has 0 N–H and O–H groups in total. The quantitative estimate of drug-likeness (QED) is 0.244. The van der Waals surface area contributed by atoms with Crippen molar-refractivity contribution in [3.05, 3.63) is 119 Å². The zero-order valence-electron chi connectivity index (χ0n) is 22.3. The maximum Gasteiger partial charge on any atom is 0.339 e. The molecule has 0 bridgehead atoms. The number of fused-ring (bicyclic) bond motifs is 4. The van der Waals surface area contributed by atoms with Crippen LogP contribution in [0.15, 0.2) is 89.8 Å². The van der Waals surface area contributed by atoms with Crippen molar-refractivity contribution in [1.82, 2.24) is 4.90 Å². The number of hydrogen-bond acceptors (Lipinski definition) is 6. The van der Waals surface area contributed by atoms with Gasteiger partial charge in [0.25, 0.3) is 0 Å². The van der Waals surface area contributed by atoms with Crippen LogP contribution in [0, 0.1) is 5.82 Å². The first kappa shape index (κ1) is 26.3. The summed E-state index contributed by atoms with van der Waals surface area (Å²) in [6, 6.07) is 25.1. The van der Waals surface area contributed by atoms with Crippen molar-refractivity contribution in [2.24, 2.45) is 0 Å². The molecule has 0 amide bonds. The Morgan fingerprint density at radius 3 is 2.52 bits per heavy atom. The van der Waals surface area contributed by atoms with E-state index in [-0.39, 0.29) is 22.6 Å². The van der Waals surface area contributed by atoms with Gasteiger partial charge in [-0.3, -0.25) is 4.90 Å². The molecule has 0 saturated heterocycles. The first-order chi connectivity index (χ1) is 19.3. The topological polar surface area (TPSA) is 65.1 Å². The lowest BCUT2D eigenvalue weighted by Gasteiger charge is -2.45. The fourth-order valence-electron chi connectivity index (χ4n) is 5.90. The maximum absolute atomic E-state index is 13.8. The second kappa shape index (κ2) is 10.6. The minimum atomic E-state index is -4.28. The van der Waals surface area contributed by atoms with Crippen LogP contribution in [0.5, 0.6) is 17.2 Å². The standard InChI is InChI=1S/C32H30FNO5S/c1-21-27-13-14-30(37-2)32(39-40(35,36)26-10-6-9-24(33)18-26)29(27)19-34-16-15-23-17-25(11-12-28(23)31(21)34)38-20-22-7-4-3-5-8-22/h3-14,17-18,21,31H,15-16,19-20H2,1-2H3. The Balaban J connectivity index is 1.31. The Hall–Kier alpha value is -3.88. The van der Waals surface area contributed by atoms with Gasteiger partial charge in [0.05, 0.1) is 7.11 Å². The summed E-state index contributed by atoms with van der Waals surface area (Å²) in [6.45, 7) is 3.97. The first-order valence-corrected chi connectivity index (χ1v) is 14.7. The second-order valence-electron chi connectivity index (χ2n) is 10.2. The van der Waals surface area contributed by atoms with Crippen molar-refractivity contribution in [3.8, 4) is 17.2 Å². The lowest BCUT2D eigenvalue weighted by Crippen LogP contribution is -2.41. The molecule has 0 fully saturated rings. The second-order valence-corrected chi connectivity index (χ2v) is 11.8. The van der Waals surface area contributed by atoms with E-state index in [0.717, 1.165) is 41.5 Å². The lowest BCUT2D eigenvalue weighted by atomic mass is 9.77. The van der Waals surface area contributed by atoms with Crippen LogP contribution in [-0.4, -0.2) is 27.0 Å². The molecule has 2 aliphatic heterocycles. The number of rotatable bonds is 7. The molecular formula is C32H30FNO5S. The zero-order valence-corrected chi connectivity index (χ0v) is 23.2. The molecule has 8 heteroatoms. The first-order valence-electron chi connectivity index (χ1n) is 13.3. The summed E-state index contributed by atoms with van der Waals surface area (Å²) in [4.78, 5) is 2.12. The molecule has 0 aromatic heterocycles. The Morgan fingerprint density at radius 1 is 0.950 bits per heavy atom. The summed E-state index contributed by atoms with van der Waals surface area (Å²) in [5, 5.41) is 0. The summed E-state index contributed by atoms with van der Waals surface area (Å²) in [7, 11) is -2.80. The van der Waals surface area contributed by atoms with Crippen LogP contribution in [0.3, 0.4) is 0 Å². The van der Waals surface area contributed by atoms with Crippen LogP contribution >= 0.6 is 0 Å². The fourth-order valence-corrected chi connectivity index (χ4v) is 6.90. The van der Waals surface area contributed by atoms with Gasteiger partial charge in [0.1, 0.15) is 23.1 Å². The average Bonchev–Trinajstić information content (AvgIpc) is 2.96. The van der Waals surface area contributed by atoms with Crippen molar-refractivity contribution >= 4 is 10.1 Å². The molecule has 40 heavy (non-hydrogen) atoms. The van der Waals surface area contributed by atoms with E-state index in [9.17, 15) is 12.8 Å². The van der Waals surface area contributed by atoms with E-state index in [1.807, 2.05) is 42.5 Å². The molecule has 2 aliphatic rings. The van der Waals surface area contributed by atoms with Crippen molar-refractivity contribution in [3.63, 3.8) is 0 Å². The minimum Gasteiger partial charge on any atom is -0.493 e. The van der Waals surface area contributed by atoms with Gasteiger partial charge in [-0.25, -0.2) is 4.39 Å². The molecule has 2 unspecified atom stereocenters. The van der Waals surface area contributed by atoms with Gasteiger partial charge in [-0.05, 0) is 65.1 Å². The Bertz CT molecular complexity index is 1660. The molecule has 206 valence electrons. The van der Waals surface area contributed by atoms with Crippen molar-refractivity contribution in [1.29, 1.82) is 0 Å². The molecule has 4 aromatic carbocycles. The number of methoxy groups -OCH3 is 1. The summed E-state index contributed by atoms with van der Waals surface area (Å²) in [5.74, 6) is 0.739. The summed E-state index contributed by atoms with van der Waals surface area (Å²) in [5.41, 5.74) is 5.41. The predicted molar refractivity (Wildman–Crippen MR) is 150 cm³/mol. The van der Waals surface area contributed by atoms with Gasteiger partial charge >= 0.3 is 10.1 Å². The molecule has 6 nitrogen and oxygen atoms in total. The van der Waals surface area contributed by atoms with E-state index in [1.165, 1.54) is 36.4 Å². The molecule has 0 aliphatic carbocycles. The molecule has 4 aromatic rings. The molecule has 0 saturated carbocycles. The minimum absolute atomic E-state index is 0.0593. The summed E-state index contributed by atoms with van der Waals surface area (Å²) >= 11 is 0. The Morgan fingerprint density at radius 2 is 1.75 bits per heavy atom. The molecule has 0 spiro atoms. The normalized spacial score (nSPS) is 18.3. The van der Waals surface area contributed by atoms with Crippen LogP contribution in [0.1, 0.15) is 46.7 Å². The van der Waals surface area contributed by atoms with Gasteiger partial charge in [0.2, 0.25) is 0 Å². The summed E-state index contributed by atoms with van der Waals surface area (Å²) < 4.78 is 57.4. The van der Waals surface area contributed by atoms with Gasteiger partial charge in [0.15, 0.2) is 11.5 Å². The highest BCUT2D eigenvalue weighted by Gasteiger charge is 2.39. The molecule has 6 rings (SSSR count). The van der Waals surface area contributed by atoms with E-state index in [0.29, 0.717) is 18.9 Å². The monoisotopic (exact) mass is 559 g/mol. The van der Waals surface area contributed by atoms with Crippen LogP contribution in [0.4, 0.5) is 4.39 Å². The summed E-state index contributed by atoms with van der Waals surface area (Å²) in [6.07, 6.45) is 0.845. The lowest BCUT2D eigenvalue weighted by molar-refractivity contribution is 0.137. The third-order valence-electron chi connectivity index (χ3n) is 7.83. The average molecular weight is 560 g/mol. The third kappa shape index (κ3) is 4.93.